The van der Waals surface area contributed by atoms with Gasteiger partial charge in [0.2, 0.25) is 5.89 Å². The van der Waals surface area contributed by atoms with E-state index < -0.39 is 5.54 Å². The molecule has 2 heterocycles. The second-order valence-corrected chi connectivity index (χ2v) is 5.27. The van der Waals surface area contributed by atoms with Gasteiger partial charge in [-0.2, -0.15) is 4.98 Å². The highest BCUT2D eigenvalue weighted by molar-refractivity contribution is 5.95. The van der Waals surface area contributed by atoms with Crippen LogP contribution in [0.3, 0.4) is 0 Å². The van der Waals surface area contributed by atoms with Crippen LogP contribution in [0.2, 0.25) is 0 Å². The Hall–Kier alpha value is -2.11. The van der Waals surface area contributed by atoms with Crippen LogP contribution < -0.4 is 5.32 Å². The van der Waals surface area contributed by atoms with Gasteiger partial charge in [-0.25, -0.2) is 0 Å². The molecule has 2 aromatic rings. The summed E-state index contributed by atoms with van der Waals surface area (Å²) < 4.78 is 10.2. The van der Waals surface area contributed by atoms with Crippen molar-refractivity contribution < 1.29 is 13.7 Å². The van der Waals surface area contributed by atoms with E-state index in [-0.39, 0.29) is 5.91 Å². The van der Waals surface area contributed by atoms with Crippen molar-refractivity contribution in [3.63, 3.8) is 0 Å². The Kier molecular flexibility index (Phi) is 3.08. The number of hydrogen-bond donors (Lipinski definition) is 1. The molecule has 1 N–H and O–H groups in total. The molecule has 1 fully saturated rings. The lowest BCUT2D eigenvalue weighted by Crippen LogP contribution is -2.44. The van der Waals surface area contributed by atoms with Gasteiger partial charge in [0.05, 0.1) is 11.8 Å². The summed E-state index contributed by atoms with van der Waals surface area (Å²) in [4.78, 5) is 16.7. The van der Waals surface area contributed by atoms with Crippen LogP contribution >= 0.6 is 0 Å². The summed E-state index contributed by atoms with van der Waals surface area (Å²) in [7, 11) is 0. The highest BCUT2D eigenvalue weighted by atomic mass is 16.5. The lowest BCUT2D eigenvalue weighted by molar-refractivity contribution is 0.0890. The van der Waals surface area contributed by atoms with Crippen molar-refractivity contribution in [1.29, 1.82) is 0 Å². The van der Waals surface area contributed by atoms with Crippen LogP contribution in [-0.4, -0.2) is 16.0 Å². The van der Waals surface area contributed by atoms with Gasteiger partial charge in [0.15, 0.2) is 5.82 Å². The Balaban J connectivity index is 1.89. The number of aromatic nitrogens is 2. The molecule has 1 amide bonds. The quantitative estimate of drug-likeness (QED) is 0.930. The fraction of sp³-hybridized carbons (Fsp3) is 0.500. The molecule has 0 saturated heterocycles. The number of furan rings is 1. The van der Waals surface area contributed by atoms with Gasteiger partial charge in [0, 0.05) is 6.92 Å². The standard InChI is InChI=1S/C14H17N3O3/c1-9-11(5-8-19-9)12(18)16-14(6-3-4-7-14)13-15-10(2)20-17-13/h5,8H,3-4,6-7H2,1-2H3,(H,16,18). The summed E-state index contributed by atoms with van der Waals surface area (Å²) in [5, 5.41) is 7.08. The number of rotatable bonds is 3. The van der Waals surface area contributed by atoms with Crippen molar-refractivity contribution in [1.82, 2.24) is 15.5 Å². The molecule has 2 aromatic heterocycles. The number of hydrogen-bond acceptors (Lipinski definition) is 5. The van der Waals surface area contributed by atoms with Gasteiger partial charge in [0.25, 0.3) is 5.91 Å². The van der Waals surface area contributed by atoms with Gasteiger partial charge in [0.1, 0.15) is 11.3 Å². The van der Waals surface area contributed by atoms with Crippen LogP contribution in [0, 0.1) is 13.8 Å². The number of nitrogens with one attached hydrogen (secondary N) is 1. The normalized spacial score (nSPS) is 17.3. The van der Waals surface area contributed by atoms with E-state index in [0.717, 1.165) is 25.7 Å². The summed E-state index contributed by atoms with van der Waals surface area (Å²) in [6, 6.07) is 1.68. The smallest absolute Gasteiger partial charge is 0.255 e. The second-order valence-electron chi connectivity index (χ2n) is 5.27. The zero-order valence-electron chi connectivity index (χ0n) is 11.6. The van der Waals surface area contributed by atoms with E-state index in [9.17, 15) is 4.79 Å². The molecule has 0 radical (unpaired) electrons. The Morgan fingerprint density at radius 2 is 2.10 bits per heavy atom. The molecule has 6 heteroatoms. The van der Waals surface area contributed by atoms with E-state index in [2.05, 4.69) is 15.5 Å². The van der Waals surface area contributed by atoms with E-state index >= 15 is 0 Å². The average Bonchev–Trinajstić information content (AvgIpc) is 3.10. The zero-order chi connectivity index (χ0) is 14.2. The third kappa shape index (κ3) is 2.11. The molecule has 0 aliphatic heterocycles. The lowest BCUT2D eigenvalue weighted by Gasteiger charge is -2.26. The van der Waals surface area contributed by atoms with Crippen LogP contribution in [0.4, 0.5) is 0 Å². The average molecular weight is 275 g/mol. The number of nitrogens with zero attached hydrogens (tertiary/aromatic N) is 2. The Morgan fingerprint density at radius 1 is 1.35 bits per heavy atom. The summed E-state index contributed by atoms with van der Waals surface area (Å²) in [6.07, 6.45) is 5.25. The maximum Gasteiger partial charge on any atom is 0.255 e. The number of carbonyl (C=O) groups is 1. The van der Waals surface area contributed by atoms with Gasteiger partial charge in [-0.3, -0.25) is 4.79 Å². The second kappa shape index (κ2) is 4.77. The number of carbonyl (C=O) groups excluding carboxylic acids is 1. The fourth-order valence-corrected chi connectivity index (χ4v) is 2.78. The first-order valence-electron chi connectivity index (χ1n) is 6.78. The first-order valence-corrected chi connectivity index (χ1v) is 6.78. The Labute approximate surface area is 116 Å². The van der Waals surface area contributed by atoms with E-state index in [1.54, 1.807) is 19.9 Å². The summed E-state index contributed by atoms with van der Waals surface area (Å²) >= 11 is 0. The van der Waals surface area contributed by atoms with Crippen LogP contribution in [0.1, 0.15) is 53.5 Å². The Morgan fingerprint density at radius 3 is 2.65 bits per heavy atom. The molecule has 3 rings (SSSR count). The molecule has 20 heavy (non-hydrogen) atoms. The SMILES string of the molecule is Cc1nc(C2(NC(=O)c3ccoc3C)CCCC2)no1. The van der Waals surface area contributed by atoms with E-state index in [4.69, 9.17) is 8.94 Å². The van der Waals surface area contributed by atoms with Crippen molar-refractivity contribution in [2.24, 2.45) is 0 Å². The molecule has 0 aromatic carbocycles. The van der Waals surface area contributed by atoms with Crippen molar-refractivity contribution in [2.75, 3.05) is 0 Å². The largest absolute Gasteiger partial charge is 0.469 e. The lowest BCUT2D eigenvalue weighted by atomic mass is 9.96. The highest BCUT2D eigenvalue weighted by Gasteiger charge is 2.41. The molecule has 1 saturated carbocycles. The van der Waals surface area contributed by atoms with E-state index in [0.29, 0.717) is 23.0 Å². The summed E-state index contributed by atoms with van der Waals surface area (Å²) in [5.74, 6) is 1.54. The van der Waals surface area contributed by atoms with Crippen molar-refractivity contribution in [3.05, 3.63) is 35.4 Å². The van der Waals surface area contributed by atoms with Crippen LogP contribution in [0.5, 0.6) is 0 Å². The number of aryl methyl sites for hydroxylation is 2. The van der Waals surface area contributed by atoms with Gasteiger partial charge in [-0.15, -0.1) is 0 Å². The minimum Gasteiger partial charge on any atom is -0.469 e. The van der Waals surface area contributed by atoms with E-state index in [1.165, 1.54) is 6.26 Å². The minimum absolute atomic E-state index is 0.152. The minimum atomic E-state index is -0.515. The molecule has 0 atom stereocenters. The molecule has 6 nitrogen and oxygen atoms in total. The molecule has 0 spiro atoms. The molecule has 1 aliphatic rings. The third-order valence-corrected chi connectivity index (χ3v) is 3.87. The van der Waals surface area contributed by atoms with Crippen LogP contribution in [0.25, 0.3) is 0 Å². The van der Waals surface area contributed by atoms with Gasteiger partial charge in [-0.05, 0) is 25.8 Å². The van der Waals surface area contributed by atoms with Crippen LogP contribution in [0.15, 0.2) is 21.3 Å². The molecule has 106 valence electrons. The first kappa shape index (κ1) is 12.9. The number of amides is 1. The van der Waals surface area contributed by atoms with Crippen LogP contribution in [-0.2, 0) is 5.54 Å². The summed E-state index contributed by atoms with van der Waals surface area (Å²) in [5.41, 5.74) is 0.0370. The predicted octanol–water partition coefficient (Wildman–Crippen LogP) is 2.48. The van der Waals surface area contributed by atoms with Gasteiger partial charge >= 0.3 is 0 Å². The molecule has 0 bridgehead atoms. The fourth-order valence-electron chi connectivity index (χ4n) is 2.78. The predicted molar refractivity (Wildman–Crippen MR) is 70.1 cm³/mol. The van der Waals surface area contributed by atoms with Gasteiger partial charge in [-0.1, -0.05) is 18.0 Å². The molecule has 0 unspecified atom stereocenters. The monoisotopic (exact) mass is 275 g/mol. The van der Waals surface area contributed by atoms with Gasteiger partial charge < -0.3 is 14.3 Å². The topological polar surface area (TPSA) is 81.2 Å². The third-order valence-electron chi connectivity index (χ3n) is 3.87. The Bertz CT molecular complexity index is 623. The highest BCUT2D eigenvalue weighted by Crippen LogP contribution is 2.37. The molecular formula is C14H17N3O3. The van der Waals surface area contributed by atoms with Crippen molar-refractivity contribution in [3.8, 4) is 0 Å². The van der Waals surface area contributed by atoms with Crippen molar-refractivity contribution >= 4 is 5.91 Å². The maximum atomic E-state index is 12.4. The van der Waals surface area contributed by atoms with E-state index in [1.807, 2.05) is 0 Å². The summed E-state index contributed by atoms with van der Waals surface area (Å²) in [6.45, 7) is 3.52. The molecular weight excluding hydrogens is 258 g/mol. The maximum absolute atomic E-state index is 12.4. The van der Waals surface area contributed by atoms with Crippen molar-refractivity contribution in [2.45, 2.75) is 45.1 Å². The zero-order valence-corrected chi connectivity index (χ0v) is 11.6. The molecule has 1 aliphatic carbocycles. The first-order chi connectivity index (χ1) is 9.61.